The number of hydrogen-bond donors (Lipinski definition) is 2. The number of halogens is 1. The van der Waals surface area contributed by atoms with Crippen molar-refractivity contribution in [3.05, 3.63) is 33.7 Å². The summed E-state index contributed by atoms with van der Waals surface area (Å²) < 4.78 is 23.8. The maximum Gasteiger partial charge on any atom is 0.337 e. The lowest BCUT2D eigenvalue weighted by molar-refractivity contribution is -0.144. The van der Waals surface area contributed by atoms with E-state index < -0.39 is 26.8 Å². The van der Waals surface area contributed by atoms with Crippen LogP contribution in [0.5, 0.6) is 0 Å². The van der Waals surface area contributed by atoms with Crippen LogP contribution in [0.25, 0.3) is 6.08 Å². The maximum absolute atomic E-state index is 11.9. The zero-order valence-electron chi connectivity index (χ0n) is 8.29. The lowest BCUT2D eigenvalue weighted by Gasteiger charge is -2.06. The second-order valence-corrected chi connectivity index (χ2v) is 5.83. The molecule has 0 aromatic heterocycles. The summed E-state index contributed by atoms with van der Waals surface area (Å²) in [6, 6.07) is 4.07. The van der Waals surface area contributed by atoms with Gasteiger partial charge in [-0.05, 0) is 29.8 Å². The first kappa shape index (κ1) is 12.1. The molecule has 1 aromatic carbocycles. The van der Waals surface area contributed by atoms with Gasteiger partial charge in [-0.25, -0.2) is 13.2 Å². The van der Waals surface area contributed by atoms with Crippen molar-refractivity contribution in [2.75, 3.05) is 0 Å². The van der Waals surface area contributed by atoms with Crippen molar-refractivity contribution >= 4 is 33.5 Å². The van der Waals surface area contributed by atoms with E-state index in [1.807, 2.05) is 0 Å². The first-order chi connectivity index (χ1) is 7.84. The Labute approximate surface area is 102 Å². The zero-order chi connectivity index (χ0) is 12.8. The fourth-order valence-corrected chi connectivity index (χ4v) is 3.37. The highest BCUT2D eigenvalue weighted by Crippen LogP contribution is 2.35. The molecule has 1 aromatic rings. The molecule has 90 valence electrons. The normalized spacial score (nSPS) is 18.4. The number of carbonyl (C=O) groups is 1. The number of sulfone groups is 1. The van der Waals surface area contributed by atoms with E-state index in [1.165, 1.54) is 18.2 Å². The van der Waals surface area contributed by atoms with Crippen molar-refractivity contribution < 1.29 is 23.4 Å². The van der Waals surface area contributed by atoms with Gasteiger partial charge < -0.3 is 10.2 Å². The molecule has 2 N–H and O–H groups in total. The summed E-state index contributed by atoms with van der Waals surface area (Å²) in [7, 11) is -3.94. The number of aliphatic carboxylic acids is 1. The Morgan fingerprint density at radius 1 is 1.35 bits per heavy atom. The minimum absolute atomic E-state index is 0.0443. The molecule has 0 spiro atoms. The number of rotatable bonds is 2. The summed E-state index contributed by atoms with van der Waals surface area (Å²) in [5.74, 6) is -1.61. The van der Waals surface area contributed by atoms with Gasteiger partial charge in [-0.1, -0.05) is 11.6 Å². The first-order valence-corrected chi connectivity index (χ1v) is 6.37. The lowest BCUT2D eigenvalue weighted by atomic mass is 10.2. The Morgan fingerprint density at radius 3 is 2.59 bits per heavy atom. The molecule has 1 unspecified atom stereocenters. The minimum atomic E-state index is -3.94. The van der Waals surface area contributed by atoms with Crippen molar-refractivity contribution in [2.45, 2.75) is 11.0 Å². The number of benzene rings is 1. The van der Waals surface area contributed by atoms with E-state index in [2.05, 4.69) is 0 Å². The fourth-order valence-electron chi connectivity index (χ4n) is 1.58. The number of aliphatic hydroxyl groups excluding tert-OH is 1. The maximum atomic E-state index is 11.9. The van der Waals surface area contributed by atoms with Crippen molar-refractivity contribution in [3.8, 4) is 0 Å². The SMILES string of the molecule is O=C(O)C(O)C1=Cc2cc(Cl)ccc2S1(=O)=O. The molecule has 1 heterocycles. The van der Waals surface area contributed by atoms with Crippen molar-refractivity contribution in [2.24, 2.45) is 0 Å². The second kappa shape index (κ2) is 3.83. The third kappa shape index (κ3) is 1.84. The molecular formula is C10H7ClO5S. The standard InChI is InChI=1S/C10H7ClO5S/c11-6-1-2-7-5(3-6)4-8(17(7,15)16)9(12)10(13)14/h1-4,9,12H,(H,13,14). The van der Waals surface area contributed by atoms with E-state index >= 15 is 0 Å². The predicted molar refractivity (Wildman–Crippen MR) is 60.3 cm³/mol. The molecule has 17 heavy (non-hydrogen) atoms. The van der Waals surface area contributed by atoms with Gasteiger partial charge in [0.2, 0.25) is 9.84 Å². The summed E-state index contributed by atoms with van der Waals surface area (Å²) in [4.78, 5) is 10.0. The van der Waals surface area contributed by atoms with Crippen molar-refractivity contribution in [3.63, 3.8) is 0 Å². The molecule has 0 amide bonds. The van der Waals surface area contributed by atoms with Gasteiger partial charge in [0.05, 0.1) is 9.80 Å². The molecule has 7 heteroatoms. The van der Waals surface area contributed by atoms with Crippen LogP contribution >= 0.6 is 11.6 Å². The van der Waals surface area contributed by atoms with Gasteiger partial charge in [0, 0.05) is 5.02 Å². The van der Waals surface area contributed by atoms with Crippen LogP contribution in [0.1, 0.15) is 5.56 Å². The van der Waals surface area contributed by atoms with Crippen LogP contribution in [0.15, 0.2) is 28.0 Å². The first-order valence-electron chi connectivity index (χ1n) is 4.51. The van der Waals surface area contributed by atoms with Crippen LogP contribution in [0.4, 0.5) is 0 Å². The van der Waals surface area contributed by atoms with E-state index in [0.29, 0.717) is 5.02 Å². The molecule has 1 aliphatic rings. The second-order valence-electron chi connectivity index (χ2n) is 3.47. The van der Waals surface area contributed by atoms with Gasteiger partial charge in [-0.15, -0.1) is 0 Å². The number of fused-ring (bicyclic) bond motifs is 1. The van der Waals surface area contributed by atoms with Gasteiger partial charge in [0.25, 0.3) is 0 Å². The smallest absolute Gasteiger partial charge is 0.337 e. The van der Waals surface area contributed by atoms with Crippen molar-refractivity contribution in [1.29, 1.82) is 0 Å². The predicted octanol–water partition coefficient (Wildman–Crippen LogP) is 0.914. The molecule has 0 saturated carbocycles. The van der Waals surface area contributed by atoms with Gasteiger partial charge in [0.15, 0.2) is 6.10 Å². The van der Waals surface area contributed by atoms with Crippen LogP contribution < -0.4 is 0 Å². The van der Waals surface area contributed by atoms with Crippen molar-refractivity contribution in [1.82, 2.24) is 0 Å². The molecule has 0 fully saturated rings. The van der Waals surface area contributed by atoms with E-state index in [4.69, 9.17) is 16.7 Å². The van der Waals surface area contributed by atoms with Crippen LogP contribution in [-0.4, -0.2) is 30.7 Å². The number of carboxylic acids is 1. The third-order valence-corrected chi connectivity index (χ3v) is 4.52. The van der Waals surface area contributed by atoms with E-state index in [-0.39, 0.29) is 10.5 Å². The van der Waals surface area contributed by atoms with Gasteiger partial charge in [-0.3, -0.25) is 0 Å². The minimum Gasteiger partial charge on any atom is -0.479 e. The number of hydrogen-bond acceptors (Lipinski definition) is 4. The number of carboxylic acid groups (broad SMARTS) is 1. The molecular weight excluding hydrogens is 268 g/mol. The van der Waals surface area contributed by atoms with E-state index in [1.54, 1.807) is 0 Å². The molecule has 1 aliphatic heterocycles. The van der Waals surface area contributed by atoms with E-state index in [9.17, 15) is 18.3 Å². The topological polar surface area (TPSA) is 91.7 Å². The summed E-state index contributed by atoms with van der Waals surface area (Å²) in [5.41, 5.74) is 0.285. The van der Waals surface area contributed by atoms with Crippen LogP contribution in [-0.2, 0) is 14.6 Å². The Morgan fingerprint density at radius 2 is 2.00 bits per heavy atom. The Hall–Kier alpha value is -1.37. The Kier molecular flexibility index (Phi) is 2.73. The largest absolute Gasteiger partial charge is 0.479 e. The highest BCUT2D eigenvalue weighted by Gasteiger charge is 2.37. The summed E-state index contributed by atoms with van der Waals surface area (Å²) in [6.07, 6.45) is -0.943. The van der Waals surface area contributed by atoms with Gasteiger partial charge in [0.1, 0.15) is 0 Å². The number of aliphatic hydroxyl groups is 1. The van der Waals surface area contributed by atoms with Gasteiger partial charge >= 0.3 is 5.97 Å². The third-order valence-electron chi connectivity index (χ3n) is 2.37. The summed E-state index contributed by atoms with van der Waals surface area (Å²) in [6.45, 7) is 0. The molecule has 5 nitrogen and oxygen atoms in total. The zero-order valence-corrected chi connectivity index (χ0v) is 9.86. The average Bonchev–Trinajstić information content (AvgIpc) is 2.48. The molecule has 2 rings (SSSR count). The molecule has 0 radical (unpaired) electrons. The van der Waals surface area contributed by atoms with Gasteiger partial charge in [-0.2, -0.15) is 0 Å². The summed E-state index contributed by atoms with van der Waals surface area (Å²) >= 11 is 5.70. The summed E-state index contributed by atoms with van der Waals surface area (Å²) in [5, 5.41) is 18.3. The quantitative estimate of drug-likeness (QED) is 0.836. The Bertz CT molecular complexity index is 632. The molecule has 1 atom stereocenters. The molecule has 0 saturated heterocycles. The fraction of sp³-hybridized carbons (Fsp3) is 0.100. The highest BCUT2D eigenvalue weighted by atomic mass is 35.5. The van der Waals surface area contributed by atoms with E-state index in [0.717, 1.165) is 6.08 Å². The monoisotopic (exact) mass is 274 g/mol. The molecule has 0 bridgehead atoms. The lowest BCUT2D eigenvalue weighted by Crippen LogP contribution is -2.25. The highest BCUT2D eigenvalue weighted by molar-refractivity contribution is 7.96. The van der Waals surface area contributed by atoms with Crippen LogP contribution in [0.2, 0.25) is 5.02 Å². The molecule has 0 aliphatic carbocycles. The van der Waals surface area contributed by atoms with Crippen LogP contribution in [0.3, 0.4) is 0 Å². The Balaban J connectivity index is 2.62. The average molecular weight is 275 g/mol. The van der Waals surface area contributed by atoms with Crippen LogP contribution in [0, 0.1) is 0 Å².